The van der Waals surface area contributed by atoms with Gasteiger partial charge in [-0.15, -0.1) is 13.2 Å². The first-order chi connectivity index (χ1) is 16.5. The number of alkyl halides is 3. The minimum absolute atomic E-state index is 0.200. The molecule has 0 aliphatic carbocycles. The molecule has 1 fully saturated rings. The van der Waals surface area contributed by atoms with E-state index in [0.29, 0.717) is 24.0 Å². The van der Waals surface area contributed by atoms with Crippen LogP contribution < -0.4 is 15.6 Å². The fourth-order valence-electron chi connectivity index (χ4n) is 3.87. The van der Waals surface area contributed by atoms with E-state index < -0.39 is 29.6 Å². The number of rotatable bonds is 5. The third kappa shape index (κ3) is 5.82. The molecule has 1 N–H and O–H groups in total. The zero-order valence-electron chi connectivity index (χ0n) is 19.0. The zero-order chi connectivity index (χ0) is 25.3. The van der Waals surface area contributed by atoms with Crippen molar-refractivity contribution in [3.63, 3.8) is 0 Å². The second-order valence-electron chi connectivity index (χ2n) is 8.31. The van der Waals surface area contributed by atoms with Crippen molar-refractivity contribution >= 4 is 38.4 Å². The average molecular weight is 554 g/mol. The molecule has 1 aliphatic heterocycles. The van der Waals surface area contributed by atoms with Crippen LogP contribution in [-0.2, 0) is 4.79 Å². The quantitative estimate of drug-likeness (QED) is 0.520. The predicted octanol–water partition coefficient (Wildman–Crippen LogP) is 3.62. The Kier molecular flexibility index (Phi) is 7.15. The highest BCUT2D eigenvalue weighted by Crippen LogP contribution is 2.32. The molecule has 1 amide bonds. The summed E-state index contributed by atoms with van der Waals surface area (Å²) < 4.78 is 45.2. The van der Waals surface area contributed by atoms with Gasteiger partial charge in [0.25, 0.3) is 5.56 Å². The van der Waals surface area contributed by atoms with Gasteiger partial charge in [-0.3, -0.25) is 19.1 Å². The van der Waals surface area contributed by atoms with Crippen LogP contribution >= 0.6 is 15.9 Å². The van der Waals surface area contributed by atoms with E-state index in [9.17, 15) is 22.8 Å². The lowest BCUT2D eigenvalue weighted by Gasteiger charge is -2.35. The van der Waals surface area contributed by atoms with Crippen LogP contribution in [0.5, 0.6) is 5.75 Å². The summed E-state index contributed by atoms with van der Waals surface area (Å²) in [5.74, 6) is -1.06. The van der Waals surface area contributed by atoms with E-state index in [4.69, 9.17) is 0 Å². The Morgan fingerprint density at radius 2 is 1.86 bits per heavy atom. The minimum Gasteiger partial charge on any atom is -0.404 e. The Labute approximate surface area is 207 Å². The molecule has 4 rings (SSSR count). The second-order valence-corrected chi connectivity index (χ2v) is 9.23. The number of hydrogen-bond donors (Lipinski definition) is 1. The molecule has 3 aromatic rings. The van der Waals surface area contributed by atoms with Crippen LogP contribution in [0.1, 0.15) is 6.92 Å². The second kappa shape index (κ2) is 9.96. The number of nitrogens with zero attached hydrogens (tertiary/aromatic N) is 4. The van der Waals surface area contributed by atoms with Crippen molar-refractivity contribution in [3.8, 4) is 11.4 Å². The molecule has 12 heteroatoms. The highest BCUT2D eigenvalue weighted by Gasteiger charge is 2.33. The van der Waals surface area contributed by atoms with E-state index in [1.807, 2.05) is 11.9 Å². The molecular weight excluding hydrogens is 531 g/mol. The number of carbonyl (C=O) groups is 1. The van der Waals surface area contributed by atoms with E-state index in [1.165, 1.54) is 23.0 Å². The third-order valence-electron chi connectivity index (χ3n) is 5.91. The van der Waals surface area contributed by atoms with E-state index in [0.717, 1.165) is 23.6 Å². The van der Waals surface area contributed by atoms with Crippen molar-refractivity contribution in [1.82, 2.24) is 19.4 Å². The first kappa shape index (κ1) is 25.1. The molecule has 0 saturated carbocycles. The smallest absolute Gasteiger partial charge is 0.404 e. The molecule has 35 heavy (non-hydrogen) atoms. The molecule has 8 nitrogen and oxygen atoms in total. The molecule has 1 aromatic heterocycles. The predicted molar refractivity (Wildman–Crippen MR) is 129 cm³/mol. The number of halogens is 4. The highest BCUT2D eigenvalue weighted by atomic mass is 79.9. The molecule has 0 bridgehead atoms. The Hall–Kier alpha value is -2.96. The van der Waals surface area contributed by atoms with Crippen molar-refractivity contribution in [3.05, 3.63) is 57.6 Å². The molecule has 1 aliphatic rings. The van der Waals surface area contributed by atoms with Crippen LogP contribution in [0.4, 0.5) is 18.9 Å². The monoisotopic (exact) mass is 553 g/mol. The number of nitrogens with one attached hydrogen (secondary N) is 1. The van der Waals surface area contributed by atoms with Crippen molar-refractivity contribution in [2.45, 2.75) is 19.3 Å². The van der Waals surface area contributed by atoms with Crippen LogP contribution in [-0.4, -0.2) is 70.9 Å². The number of hydrogen-bond acceptors (Lipinski definition) is 6. The fourth-order valence-corrected chi connectivity index (χ4v) is 4.22. The highest BCUT2D eigenvalue weighted by molar-refractivity contribution is 9.10. The van der Waals surface area contributed by atoms with Gasteiger partial charge >= 0.3 is 6.36 Å². The Morgan fingerprint density at radius 3 is 2.54 bits per heavy atom. The number of piperazine rings is 1. The van der Waals surface area contributed by atoms with Crippen LogP contribution in [0, 0.1) is 0 Å². The molecule has 1 unspecified atom stereocenters. The Morgan fingerprint density at radius 1 is 1.14 bits per heavy atom. The summed E-state index contributed by atoms with van der Waals surface area (Å²) >= 11 is 3.33. The van der Waals surface area contributed by atoms with E-state index in [-0.39, 0.29) is 11.4 Å². The van der Waals surface area contributed by atoms with Crippen molar-refractivity contribution < 1.29 is 22.7 Å². The number of fused-ring (bicyclic) bond motifs is 1. The SMILES string of the molecule is CC(C(=O)Nc1cc(-n2cnc3cc(Br)ccc3c2=O)ccc1OC(F)(F)F)N1CCN(C)CC1. The summed E-state index contributed by atoms with van der Waals surface area (Å²) in [6, 6.07) is 8.05. The number of amides is 1. The van der Waals surface area contributed by atoms with Gasteiger partial charge in [0.1, 0.15) is 6.33 Å². The third-order valence-corrected chi connectivity index (χ3v) is 6.40. The maximum Gasteiger partial charge on any atom is 0.573 e. The van der Waals surface area contributed by atoms with Gasteiger partial charge in [-0.25, -0.2) is 4.98 Å². The van der Waals surface area contributed by atoms with E-state index in [2.05, 4.69) is 35.9 Å². The summed E-state index contributed by atoms with van der Waals surface area (Å²) in [5, 5.41) is 2.89. The van der Waals surface area contributed by atoms with Crippen molar-refractivity contribution in [2.24, 2.45) is 0 Å². The topological polar surface area (TPSA) is 79.7 Å². The van der Waals surface area contributed by atoms with Gasteiger partial charge < -0.3 is 15.0 Å². The molecule has 2 heterocycles. The normalized spacial score (nSPS) is 16.3. The first-order valence-corrected chi connectivity index (χ1v) is 11.6. The van der Waals surface area contributed by atoms with E-state index >= 15 is 0 Å². The van der Waals surface area contributed by atoms with Gasteiger partial charge in [0.15, 0.2) is 5.75 Å². The maximum absolute atomic E-state index is 13.0. The summed E-state index contributed by atoms with van der Waals surface area (Å²) in [4.78, 5) is 34.3. The van der Waals surface area contributed by atoms with Gasteiger partial charge in [-0.1, -0.05) is 15.9 Å². The Bertz CT molecular complexity index is 1310. The van der Waals surface area contributed by atoms with Gasteiger partial charge in [0.2, 0.25) is 5.91 Å². The molecule has 2 aromatic carbocycles. The van der Waals surface area contributed by atoms with Crippen LogP contribution in [0.3, 0.4) is 0 Å². The number of ether oxygens (including phenoxy) is 1. The van der Waals surface area contributed by atoms with Crippen molar-refractivity contribution in [1.29, 1.82) is 0 Å². The van der Waals surface area contributed by atoms with Gasteiger partial charge in [0.05, 0.1) is 28.3 Å². The number of likely N-dealkylation sites (N-methyl/N-ethyl adjacent to an activating group) is 1. The van der Waals surface area contributed by atoms with Gasteiger partial charge in [0, 0.05) is 30.7 Å². The first-order valence-electron chi connectivity index (χ1n) is 10.8. The average Bonchev–Trinajstić information content (AvgIpc) is 2.79. The summed E-state index contributed by atoms with van der Waals surface area (Å²) in [7, 11) is 1.98. The molecule has 1 atom stereocenters. The minimum atomic E-state index is -4.96. The molecule has 1 saturated heterocycles. The standard InChI is InChI=1S/C23H23BrF3N5O3/c1-14(31-9-7-30(2)8-10-31)21(33)29-19-12-16(4-6-20(19)35-23(25,26)27)32-13-28-18-11-15(24)3-5-17(18)22(32)34/h3-6,11-14H,7-10H2,1-2H3,(H,29,33). The largest absolute Gasteiger partial charge is 0.573 e. The molecule has 0 radical (unpaired) electrons. The summed E-state index contributed by atoms with van der Waals surface area (Å²) in [6.45, 7) is 4.58. The van der Waals surface area contributed by atoms with Crippen LogP contribution in [0.15, 0.2) is 52.0 Å². The van der Waals surface area contributed by atoms with E-state index in [1.54, 1.807) is 25.1 Å². The number of anilines is 1. The Balaban J connectivity index is 1.68. The molecule has 0 spiro atoms. The van der Waals surface area contributed by atoms with Gasteiger partial charge in [-0.05, 0) is 50.4 Å². The summed E-state index contributed by atoms with van der Waals surface area (Å²) in [5.41, 5.74) is 0.0836. The molecule has 186 valence electrons. The lowest BCUT2D eigenvalue weighted by Crippen LogP contribution is -2.51. The van der Waals surface area contributed by atoms with Gasteiger partial charge in [-0.2, -0.15) is 0 Å². The maximum atomic E-state index is 13.0. The van der Waals surface area contributed by atoms with Crippen LogP contribution in [0.2, 0.25) is 0 Å². The number of carbonyl (C=O) groups excluding carboxylic acids is 1. The fraction of sp³-hybridized carbons (Fsp3) is 0.348. The lowest BCUT2D eigenvalue weighted by molar-refractivity contribution is -0.274. The van der Waals surface area contributed by atoms with Crippen LogP contribution in [0.25, 0.3) is 16.6 Å². The lowest BCUT2D eigenvalue weighted by atomic mass is 10.2. The van der Waals surface area contributed by atoms with Crippen molar-refractivity contribution in [2.75, 3.05) is 38.5 Å². The zero-order valence-corrected chi connectivity index (χ0v) is 20.6. The number of aromatic nitrogens is 2. The molecular formula is C23H23BrF3N5O3. The number of benzene rings is 2. The summed E-state index contributed by atoms with van der Waals surface area (Å²) in [6.07, 6.45) is -3.67.